The minimum atomic E-state index is 0.769. The van der Waals surface area contributed by atoms with Crippen molar-refractivity contribution in [3.05, 3.63) is 46.8 Å². The maximum Gasteiger partial charge on any atom is 0.0455 e. The molecule has 0 amide bonds. The molecule has 4 aliphatic rings. The van der Waals surface area contributed by atoms with Crippen LogP contribution in [0.25, 0.3) is 19.8 Å². The molecule has 2 heteroatoms. The molecule has 2 heterocycles. The molecular weight excluding hydrogens is 521 g/mol. The first kappa shape index (κ1) is 27.7. The van der Waals surface area contributed by atoms with Gasteiger partial charge in [0, 0.05) is 14.5 Å². The molecule has 0 atom stereocenters. The van der Waals surface area contributed by atoms with E-state index in [1.165, 1.54) is 112 Å². The van der Waals surface area contributed by atoms with Crippen LogP contribution in [0, 0.1) is 35.5 Å². The van der Waals surface area contributed by atoms with Crippen LogP contribution in [0.2, 0.25) is 0 Å². The number of hydrogen-bond donors (Lipinski definition) is 0. The predicted molar refractivity (Wildman–Crippen MR) is 177 cm³/mol. The van der Waals surface area contributed by atoms with Gasteiger partial charge in [-0.1, -0.05) is 57.7 Å². The Kier molecular flexibility index (Phi) is 8.48. The van der Waals surface area contributed by atoms with Gasteiger partial charge in [-0.05, 0) is 158 Å². The molecule has 0 radical (unpaired) electrons. The third-order valence-electron chi connectivity index (χ3n) is 12.4. The Balaban J connectivity index is 1.10. The van der Waals surface area contributed by atoms with Gasteiger partial charge in [0.15, 0.2) is 0 Å². The highest BCUT2D eigenvalue weighted by Gasteiger charge is 2.33. The van der Waals surface area contributed by atoms with Crippen molar-refractivity contribution < 1.29 is 0 Å². The third-order valence-corrected chi connectivity index (χ3v) is 14.6. The Morgan fingerprint density at radius 2 is 1.00 bits per heavy atom. The fraction of sp³-hybridized carbons (Fsp3) is 0.684. The van der Waals surface area contributed by atoms with Crippen molar-refractivity contribution in [2.45, 2.75) is 128 Å². The zero-order chi connectivity index (χ0) is 27.1. The van der Waals surface area contributed by atoms with Crippen LogP contribution in [0.15, 0.2) is 35.7 Å². The van der Waals surface area contributed by atoms with Crippen molar-refractivity contribution in [3.63, 3.8) is 0 Å². The summed E-state index contributed by atoms with van der Waals surface area (Å²) in [4.78, 5) is 2.97. The number of hydrogen-bond acceptors (Lipinski definition) is 2. The minimum Gasteiger partial charge on any atom is -0.143 e. The summed E-state index contributed by atoms with van der Waals surface area (Å²) in [7, 11) is 0. The van der Waals surface area contributed by atoms with Crippen molar-refractivity contribution >= 4 is 32.8 Å². The molecule has 2 aromatic heterocycles. The predicted octanol–water partition coefficient (Wildman–Crippen LogP) is 12.8. The van der Waals surface area contributed by atoms with Gasteiger partial charge in [-0.15, -0.1) is 22.7 Å². The topological polar surface area (TPSA) is 0 Å². The van der Waals surface area contributed by atoms with Crippen LogP contribution < -0.4 is 0 Å². The van der Waals surface area contributed by atoms with E-state index in [0.717, 1.165) is 47.3 Å². The maximum absolute atomic E-state index is 2.62. The largest absolute Gasteiger partial charge is 0.143 e. The van der Waals surface area contributed by atoms with Crippen molar-refractivity contribution in [1.82, 2.24) is 0 Å². The van der Waals surface area contributed by atoms with Gasteiger partial charge in [-0.3, -0.25) is 0 Å². The molecule has 0 spiro atoms. The lowest BCUT2D eigenvalue weighted by Crippen LogP contribution is -2.25. The van der Waals surface area contributed by atoms with Gasteiger partial charge in [0.25, 0.3) is 0 Å². The number of fused-ring (bicyclic) bond motifs is 1. The van der Waals surface area contributed by atoms with E-state index in [4.69, 9.17) is 0 Å². The Morgan fingerprint density at radius 3 is 1.50 bits per heavy atom. The van der Waals surface area contributed by atoms with E-state index in [2.05, 4.69) is 60.9 Å². The van der Waals surface area contributed by atoms with Gasteiger partial charge in [0.2, 0.25) is 0 Å². The molecule has 0 nitrogen and oxygen atoms in total. The smallest absolute Gasteiger partial charge is 0.0455 e. The van der Waals surface area contributed by atoms with Crippen molar-refractivity contribution in [3.8, 4) is 9.75 Å². The van der Waals surface area contributed by atoms with Gasteiger partial charge in [0.05, 0.1) is 0 Å². The van der Waals surface area contributed by atoms with Crippen LogP contribution in [0.1, 0.15) is 140 Å². The number of thiophene rings is 2. The standard InChI is InChI=1S/C38H52S2/c1-25-5-9-27(10-6-25)29-13-17-31(18-14-29)33-21-22-34(38-35(33)24-37(40-38)36-4-3-23-39-36)32-19-15-30(16-20-32)28-11-7-26(2)8-12-28/h3-4,21-32H,5-20H2,1-2H3. The summed E-state index contributed by atoms with van der Waals surface area (Å²) in [5.41, 5.74) is 3.39. The van der Waals surface area contributed by atoms with Crippen molar-refractivity contribution in [2.24, 2.45) is 35.5 Å². The normalized spacial score (nSPS) is 35.6. The maximum atomic E-state index is 2.62. The van der Waals surface area contributed by atoms with Gasteiger partial charge in [-0.25, -0.2) is 0 Å². The van der Waals surface area contributed by atoms with Crippen LogP contribution in [0.5, 0.6) is 0 Å². The second kappa shape index (κ2) is 12.2. The summed E-state index contributed by atoms with van der Waals surface area (Å²) in [5, 5.41) is 3.88. The van der Waals surface area contributed by atoms with Gasteiger partial charge in [-0.2, -0.15) is 0 Å². The molecular formula is C38H52S2. The Bertz CT molecular complexity index is 1140. The molecule has 0 bridgehead atoms. The Hall–Kier alpha value is -1.12. The first-order chi connectivity index (χ1) is 19.6. The second-order valence-electron chi connectivity index (χ2n) is 14.8. The Labute approximate surface area is 252 Å². The summed E-state index contributed by atoms with van der Waals surface area (Å²) in [5.74, 6) is 7.55. The average Bonchev–Trinajstić information content (AvgIpc) is 3.69. The van der Waals surface area contributed by atoms with Crippen LogP contribution in [-0.4, -0.2) is 0 Å². The lowest BCUT2D eigenvalue weighted by Gasteiger charge is -2.38. The molecule has 0 saturated heterocycles. The molecule has 3 aromatic rings. The molecule has 1 aromatic carbocycles. The van der Waals surface area contributed by atoms with E-state index >= 15 is 0 Å². The van der Waals surface area contributed by atoms with Crippen LogP contribution >= 0.6 is 22.7 Å². The van der Waals surface area contributed by atoms with Crippen molar-refractivity contribution in [1.29, 1.82) is 0 Å². The van der Waals surface area contributed by atoms with E-state index in [-0.39, 0.29) is 0 Å². The molecule has 4 fully saturated rings. The summed E-state index contributed by atoms with van der Waals surface area (Å²) in [6.45, 7) is 4.94. The number of rotatable bonds is 5. The molecule has 7 rings (SSSR count). The van der Waals surface area contributed by atoms with E-state index in [1.54, 1.807) is 21.2 Å². The quantitative estimate of drug-likeness (QED) is 0.285. The summed E-state index contributed by atoms with van der Waals surface area (Å²) >= 11 is 4.03. The molecule has 4 saturated carbocycles. The first-order valence-electron chi connectivity index (χ1n) is 17.2. The highest BCUT2D eigenvalue weighted by Crippen LogP contribution is 2.50. The molecule has 0 unspecified atom stereocenters. The first-order valence-corrected chi connectivity index (χ1v) is 18.9. The molecule has 4 aliphatic carbocycles. The van der Waals surface area contributed by atoms with E-state index in [0.29, 0.717) is 0 Å². The summed E-state index contributed by atoms with van der Waals surface area (Å²) < 4.78 is 1.65. The Morgan fingerprint density at radius 1 is 0.525 bits per heavy atom. The summed E-state index contributed by atoms with van der Waals surface area (Å²) in [6, 6.07) is 12.4. The lowest BCUT2D eigenvalue weighted by molar-refractivity contribution is 0.165. The molecule has 216 valence electrons. The van der Waals surface area contributed by atoms with E-state index in [1.807, 2.05) is 11.3 Å². The van der Waals surface area contributed by atoms with Gasteiger partial charge in [0.1, 0.15) is 0 Å². The van der Waals surface area contributed by atoms with Gasteiger partial charge < -0.3 is 0 Å². The molecule has 40 heavy (non-hydrogen) atoms. The summed E-state index contributed by atoms with van der Waals surface area (Å²) in [6.07, 6.45) is 23.5. The highest BCUT2D eigenvalue weighted by atomic mass is 32.1. The van der Waals surface area contributed by atoms with Crippen LogP contribution in [-0.2, 0) is 0 Å². The minimum absolute atomic E-state index is 0.769. The fourth-order valence-electron chi connectivity index (χ4n) is 9.70. The third kappa shape index (κ3) is 5.75. The van der Waals surface area contributed by atoms with Crippen LogP contribution in [0.4, 0.5) is 0 Å². The van der Waals surface area contributed by atoms with Gasteiger partial charge >= 0.3 is 0 Å². The van der Waals surface area contributed by atoms with Crippen molar-refractivity contribution in [2.75, 3.05) is 0 Å². The monoisotopic (exact) mass is 572 g/mol. The zero-order valence-electron chi connectivity index (χ0n) is 25.2. The van der Waals surface area contributed by atoms with E-state index in [9.17, 15) is 0 Å². The van der Waals surface area contributed by atoms with Crippen LogP contribution in [0.3, 0.4) is 0 Å². The second-order valence-corrected chi connectivity index (χ2v) is 16.8. The van der Waals surface area contributed by atoms with E-state index < -0.39 is 0 Å². The average molecular weight is 573 g/mol. The number of benzene rings is 1. The molecule has 0 aliphatic heterocycles. The SMILES string of the molecule is CC1CCC(C2CCC(c3ccc(C4CCC(C5CCC(C)CC5)CC4)c4sc(-c5cccs5)cc34)CC2)CC1. The lowest BCUT2D eigenvalue weighted by atomic mass is 9.67. The fourth-order valence-corrected chi connectivity index (χ4v) is 11.8. The zero-order valence-corrected chi connectivity index (χ0v) is 26.8. The molecule has 0 N–H and O–H groups in total. The highest BCUT2D eigenvalue weighted by molar-refractivity contribution is 7.25.